The summed E-state index contributed by atoms with van der Waals surface area (Å²) in [5.74, 6) is 0.126. The molecule has 0 saturated carbocycles. The van der Waals surface area contributed by atoms with Crippen LogP contribution in [0.25, 0.3) is 10.2 Å². The van der Waals surface area contributed by atoms with Gasteiger partial charge < -0.3 is 4.79 Å². The molecule has 1 aliphatic carbocycles. The summed E-state index contributed by atoms with van der Waals surface area (Å²) in [4.78, 5) is 21.4. The van der Waals surface area contributed by atoms with Crippen molar-refractivity contribution in [2.45, 2.75) is 19.3 Å². The van der Waals surface area contributed by atoms with Gasteiger partial charge in [-0.15, -0.1) is 11.3 Å². The number of fused-ring (bicyclic) bond motifs is 3. The molecule has 1 unspecified atom stereocenters. The maximum atomic E-state index is 10.9. The van der Waals surface area contributed by atoms with Crippen LogP contribution in [0.15, 0.2) is 6.33 Å². The Bertz CT molecular complexity index is 566. The molecule has 1 aliphatic rings. The molecule has 0 radical (unpaired) electrons. The van der Waals surface area contributed by atoms with Crippen molar-refractivity contribution in [1.82, 2.24) is 9.97 Å². The molecule has 82 valence electrons. The summed E-state index contributed by atoms with van der Waals surface area (Å²) in [5.41, 5.74) is 1.19. The molecule has 3 rings (SSSR count). The van der Waals surface area contributed by atoms with Gasteiger partial charge in [0.25, 0.3) is 0 Å². The van der Waals surface area contributed by atoms with Crippen LogP contribution in [0.5, 0.6) is 0 Å². The van der Waals surface area contributed by atoms with E-state index in [4.69, 9.17) is 11.6 Å². The zero-order chi connectivity index (χ0) is 11.1. The molecule has 0 aromatic carbocycles. The van der Waals surface area contributed by atoms with Gasteiger partial charge in [0.2, 0.25) is 0 Å². The Morgan fingerprint density at radius 1 is 1.50 bits per heavy atom. The average molecular weight is 253 g/mol. The summed E-state index contributed by atoms with van der Waals surface area (Å²) in [7, 11) is 0. The van der Waals surface area contributed by atoms with E-state index in [1.54, 1.807) is 11.3 Å². The quantitative estimate of drug-likeness (QED) is 0.579. The molecule has 0 aliphatic heterocycles. The Kier molecular flexibility index (Phi) is 2.41. The Labute approximate surface area is 101 Å². The fourth-order valence-corrected chi connectivity index (χ4v) is 3.70. The molecule has 0 saturated heterocycles. The highest BCUT2D eigenvalue weighted by Crippen LogP contribution is 2.38. The first-order valence-electron chi connectivity index (χ1n) is 5.15. The highest BCUT2D eigenvalue weighted by Gasteiger charge is 2.24. The Balaban J connectivity index is 2.23. The minimum atomic E-state index is 0.126. The van der Waals surface area contributed by atoms with E-state index in [0.29, 0.717) is 5.15 Å². The fourth-order valence-electron chi connectivity index (χ4n) is 2.21. The standard InChI is InChI=1S/C11H9ClN2OS/c12-10-9-7-3-6(4-15)1-2-8(7)16-11(9)14-5-13-10/h4-6H,1-3H2. The van der Waals surface area contributed by atoms with Crippen LogP contribution in [-0.2, 0) is 17.6 Å². The van der Waals surface area contributed by atoms with Gasteiger partial charge in [-0.1, -0.05) is 11.6 Å². The Morgan fingerprint density at radius 3 is 3.19 bits per heavy atom. The largest absolute Gasteiger partial charge is 0.303 e. The molecule has 16 heavy (non-hydrogen) atoms. The highest BCUT2D eigenvalue weighted by molar-refractivity contribution is 7.19. The van der Waals surface area contributed by atoms with Crippen molar-refractivity contribution in [3.05, 3.63) is 21.9 Å². The van der Waals surface area contributed by atoms with Crippen LogP contribution in [0.3, 0.4) is 0 Å². The third-order valence-electron chi connectivity index (χ3n) is 3.03. The minimum Gasteiger partial charge on any atom is -0.303 e. The lowest BCUT2D eigenvalue weighted by molar-refractivity contribution is -0.111. The zero-order valence-electron chi connectivity index (χ0n) is 8.44. The van der Waals surface area contributed by atoms with Crippen molar-refractivity contribution in [2.75, 3.05) is 0 Å². The SMILES string of the molecule is O=CC1CCc2sc3ncnc(Cl)c3c2C1. The highest BCUT2D eigenvalue weighted by atomic mass is 35.5. The van der Waals surface area contributed by atoms with E-state index in [-0.39, 0.29) is 5.92 Å². The second-order valence-corrected chi connectivity index (χ2v) is 5.43. The van der Waals surface area contributed by atoms with Crippen molar-refractivity contribution < 1.29 is 4.79 Å². The third-order valence-corrected chi connectivity index (χ3v) is 4.51. The van der Waals surface area contributed by atoms with E-state index in [1.807, 2.05) is 0 Å². The molecule has 3 nitrogen and oxygen atoms in total. The summed E-state index contributed by atoms with van der Waals surface area (Å²) in [6.07, 6.45) is 5.21. The lowest BCUT2D eigenvalue weighted by Crippen LogP contribution is -2.13. The van der Waals surface area contributed by atoms with Crippen LogP contribution >= 0.6 is 22.9 Å². The topological polar surface area (TPSA) is 42.9 Å². The normalized spacial score (nSPS) is 19.7. The number of thiophene rings is 1. The van der Waals surface area contributed by atoms with E-state index in [1.165, 1.54) is 16.8 Å². The minimum absolute atomic E-state index is 0.126. The number of carbonyl (C=O) groups is 1. The first-order valence-corrected chi connectivity index (χ1v) is 6.35. The van der Waals surface area contributed by atoms with E-state index < -0.39 is 0 Å². The molecule has 2 heterocycles. The number of carbonyl (C=O) groups excluding carboxylic acids is 1. The van der Waals surface area contributed by atoms with Crippen LogP contribution in [0.2, 0.25) is 5.15 Å². The lowest BCUT2D eigenvalue weighted by atomic mass is 9.88. The predicted molar refractivity (Wildman–Crippen MR) is 64.0 cm³/mol. The maximum Gasteiger partial charge on any atom is 0.141 e. The number of aromatic nitrogens is 2. The summed E-state index contributed by atoms with van der Waals surface area (Å²) in [5, 5.41) is 1.46. The van der Waals surface area contributed by atoms with Gasteiger partial charge in [-0.3, -0.25) is 0 Å². The summed E-state index contributed by atoms with van der Waals surface area (Å²) in [6, 6.07) is 0. The average Bonchev–Trinajstić information content (AvgIpc) is 2.67. The van der Waals surface area contributed by atoms with Gasteiger partial charge in [0.1, 0.15) is 22.6 Å². The van der Waals surface area contributed by atoms with Crippen LogP contribution < -0.4 is 0 Å². The lowest BCUT2D eigenvalue weighted by Gasteiger charge is -2.16. The molecule has 0 amide bonds. The van der Waals surface area contributed by atoms with E-state index in [9.17, 15) is 4.79 Å². The number of nitrogens with zero attached hydrogens (tertiary/aromatic N) is 2. The molecule has 5 heteroatoms. The Morgan fingerprint density at radius 2 is 2.38 bits per heavy atom. The van der Waals surface area contributed by atoms with Crippen LogP contribution in [0.1, 0.15) is 16.9 Å². The molecule has 0 bridgehead atoms. The number of rotatable bonds is 1. The first kappa shape index (κ1) is 10.2. The third kappa shape index (κ3) is 1.44. The molecule has 0 spiro atoms. The second kappa shape index (κ2) is 3.79. The maximum absolute atomic E-state index is 10.9. The van der Waals surface area contributed by atoms with E-state index in [0.717, 1.165) is 35.8 Å². The van der Waals surface area contributed by atoms with Gasteiger partial charge in [-0.05, 0) is 24.8 Å². The molecular weight excluding hydrogens is 244 g/mol. The van der Waals surface area contributed by atoms with Gasteiger partial charge in [0.15, 0.2) is 0 Å². The number of halogens is 1. The number of aldehydes is 1. The summed E-state index contributed by atoms with van der Waals surface area (Å²) < 4.78 is 0. The summed E-state index contributed by atoms with van der Waals surface area (Å²) >= 11 is 7.77. The van der Waals surface area contributed by atoms with Crippen molar-refractivity contribution in [3.63, 3.8) is 0 Å². The van der Waals surface area contributed by atoms with Crippen LogP contribution in [0, 0.1) is 5.92 Å². The fraction of sp³-hybridized carbons (Fsp3) is 0.364. The molecule has 1 atom stereocenters. The van der Waals surface area contributed by atoms with Gasteiger partial charge in [-0.2, -0.15) is 0 Å². The number of hydrogen-bond donors (Lipinski definition) is 0. The van der Waals surface area contributed by atoms with Crippen molar-refractivity contribution in [2.24, 2.45) is 5.92 Å². The molecular formula is C11H9ClN2OS. The van der Waals surface area contributed by atoms with Crippen LogP contribution in [0.4, 0.5) is 0 Å². The van der Waals surface area contributed by atoms with Crippen molar-refractivity contribution in [1.29, 1.82) is 0 Å². The van der Waals surface area contributed by atoms with Gasteiger partial charge in [0.05, 0.1) is 5.39 Å². The van der Waals surface area contributed by atoms with Crippen molar-refractivity contribution in [3.8, 4) is 0 Å². The van der Waals surface area contributed by atoms with Crippen molar-refractivity contribution >= 4 is 39.4 Å². The smallest absolute Gasteiger partial charge is 0.141 e. The molecule has 2 aromatic rings. The van der Waals surface area contributed by atoms with Crippen LogP contribution in [-0.4, -0.2) is 16.3 Å². The Hall–Kier alpha value is -1.00. The van der Waals surface area contributed by atoms with E-state index in [2.05, 4.69) is 9.97 Å². The molecule has 2 aromatic heterocycles. The predicted octanol–water partition coefficient (Wildman–Crippen LogP) is 2.65. The van der Waals surface area contributed by atoms with E-state index >= 15 is 0 Å². The second-order valence-electron chi connectivity index (χ2n) is 3.99. The summed E-state index contributed by atoms with van der Waals surface area (Å²) in [6.45, 7) is 0. The molecule has 0 N–H and O–H groups in total. The van der Waals surface area contributed by atoms with Gasteiger partial charge in [-0.25, -0.2) is 9.97 Å². The van der Waals surface area contributed by atoms with Gasteiger partial charge in [0, 0.05) is 10.8 Å². The number of aryl methyl sites for hydroxylation is 1. The monoisotopic (exact) mass is 252 g/mol. The number of hydrogen-bond acceptors (Lipinski definition) is 4. The first-order chi connectivity index (χ1) is 7.79. The van der Waals surface area contributed by atoms with Gasteiger partial charge >= 0.3 is 0 Å². The molecule has 0 fully saturated rings. The zero-order valence-corrected chi connectivity index (χ0v) is 10.0.